The Labute approximate surface area is 87.2 Å². The zero-order chi connectivity index (χ0) is 9.97. The lowest BCUT2D eigenvalue weighted by Gasteiger charge is -2.37. The van der Waals surface area contributed by atoms with Gasteiger partial charge >= 0.3 is 0 Å². The Bertz CT molecular complexity index is 163. The van der Waals surface area contributed by atoms with E-state index in [1.165, 1.54) is 25.7 Å². The van der Waals surface area contributed by atoms with E-state index in [9.17, 15) is 0 Å². The molecule has 2 aliphatic rings. The Morgan fingerprint density at radius 3 is 2.71 bits per heavy atom. The molecule has 0 radical (unpaired) electrons. The fraction of sp³-hybridized carbons (Fsp3) is 1.00. The molecule has 1 aliphatic heterocycles. The number of ether oxygens (including phenoxy) is 1. The zero-order valence-corrected chi connectivity index (χ0v) is 9.24. The molecule has 0 aromatic carbocycles. The van der Waals surface area contributed by atoms with Crippen LogP contribution in [0, 0.1) is 11.8 Å². The lowest BCUT2D eigenvalue weighted by atomic mass is 9.77. The van der Waals surface area contributed by atoms with Crippen LogP contribution in [0.2, 0.25) is 0 Å². The molecule has 1 saturated carbocycles. The first kappa shape index (κ1) is 10.4. The van der Waals surface area contributed by atoms with Gasteiger partial charge in [-0.15, -0.1) is 0 Å². The molecule has 0 bridgehead atoms. The van der Waals surface area contributed by atoms with Gasteiger partial charge in [0.25, 0.3) is 0 Å². The van der Waals surface area contributed by atoms with Crippen molar-refractivity contribution < 1.29 is 4.74 Å². The summed E-state index contributed by atoms with van der Waals surface area (Å²) in [4.78, 5) is 0. The Morgan fingerprint density at radius 1 is 1.14 bits per heavy atom. The summed E-state index contributed by atoms with van der Waals surface area (Å²) in [5.41, 5.74) is 5.99. The van der Waals surface area contributed by atoms with Crippen LogP contribution in [0.5, 0.6) is 0 Å². The molecule has 0 aromatic heterocycles. The fourth-order valence-corrected chi connectivity index (χ4v) is 3.00. The van der Waals surface area contributed by atoms with Crippen LogP contribution in [0.1, 0.15) is 45.4 Å². The highest BCUT2D eigenvalue weighted by Gasteiger charge is 2.30. The molecule has 2 nitrogen and oxygen atoms in total. The molecule has 0 spiro atoms. The molecule has 1 heterocycles. The summed E-state index contributed by atoms with van der Waals surface area (Å²) < 4.78 is 5.86. The summed E-state index contributed by atoms with van der Waals surface area (Å²) in [5, 5.41) is 0. The van der Waals surface area contributed by atoms with E-state index in [1.54, 1.807) is 0 Å². The van der Waals surface area contributed by atoms with Crippen molar-refractivity contribution in [1.82, 2.24) is 0 Å². The molecule has 0 amide bonds. The highest BCUT2D eigenvalue weighted by molar-refractivity contribution is 4.82. The van der Waals surface area contributed by atoms with E-state index in [0.29, 0.717) is 12.1 Å². The summed E-state index contributed by atoms with van der Waals surface area (Å²) in [5.74, 6) is 1.70. The van der Waals surface area contributed by atoms with E-state index in [0.717, 1.165) is 31.3 Å². The fourth-order valence-electron chi connectivity index (χ4n) is 3.00. The van der Waals surface area contributed by atoms with Gasteiger partial charge in [-0.3, -0.25) is 0 Å². The number of nitrogens with two attached hydrogens (primary N) is 1. The maximum absolute atomic E-state index is 5.99. The maximum atomic E-state index is 5.99. The summed E-state index contributed by atoms with van der Waals surface area (Å²) >= 11 is 0. The molecule has 4 atom stereocenters. The highest BCUT2D eigenvalue weighted by atomic mass is 16.5. The Morgan fingerprint density at radius 2 is 2.00 bits per heavy atom. The maximum Gasteiger partial charge on any atom is 0.0618 e. The average molecular weight is 197 g/mol. The zero-order valence-electron chi connectivity index (χ0n) is 9.24. The van der Waals surface area contributed by atoms with Crippen molar-refractivity contribution >= 4 is 0 Å². The van der Waals surface area contributed by atoms with Crippen LogP contribution in [0.4, 0.5) is 0 Å². The predicted molar refractivity (Wildman–Crippen MR) is 58.1 cm³/mol. The molecular weight excluding hydrogens is 174 g/mol. The van der Waals surface area contributed by atoms with E-state index in [-0.39, 0.29) is 0 Å². The Hall–Kier alpha value is -0.0800. The van der Waals surface area contributed by atoms with Gasteiger partial charge in [-0.25, -0.2) is 0 Å². The summed E-state index contributed by atoms with van der Waals surface area (Å²) in [6.45, 7) is 3.26. The van der Waals surface area contributed by atoms with Crippen LogP contribution in [-0.2, 0) is 4.74 Å². The third kappa shape index (κ3) is 2.48. The van der Waals surface area contributed by atoms with Crippen LogP contribution in [0.25, 0.3) is 0 Å². The minimum atomic E-state index is 0.394. The molecule has 2 fully saturated rings. The molecule has 14 heavy (non-hydrogen) atoms. The molecule has 1 aliphatic carbocycles. The van der Waals surface area contributed by atoms with E-state index in [4.69, 9.17) is 10.5 Å². The summed E-state index contributed by atoms with van der Waals surface area (Å²) in [6, 6.07) is 0.394. The van der Waals surface area contributed by atoms with Crippen LogP contribution >= 0.6 is 0 Å². The molecule has 0 aromatic rings. The lowest BCUT2D eigenvalue weighted by molar-refractivity contribution is -0.0416. The van der Waals surface area contributed by atoms with Crippen LogP contribution in [0.15, 0.2) is 0 Å². The molecule has 2 N–H and O–H groups in total. The van der Waals surface area contributed by atoms with Gasteiger partial charge in [0.15, 0.2) is 0 Å². The quantitative estimate of drug-likeness (QED) is 0.700. The molecule has 4 unspecified atom stereocenters. The van der Waals surface area contributed by atoms with Crippen LogP contribution in [0.3, 0.4) is 0 Å². The topological polar surface area (TPSA) is 35.2 Å². The number of hydrogen-bond acceptors (Lipinski definition) is 2. The molecule has 82 valence electrons. The smallest absolute Gasteiger partial charge is 0.0618 e. The standard InChI is InChI=1S/C12H23NO/c1-9-3-2-4-10(7-9)12-8-11(13)5-6-14-12/h9-12H,2-8,13H2,1H3. The average Bonchev–Trinajstić information content (AvgIpc) is 2.18. The van der Waals surface area contributed by atoms with Gasteiger partial charge in [-0.2, -0.15) is 0 Å². The van der Waals surface area contributed by atoms with Crippen molar-refractivity contribution in [3.8, 4) is 0 Å². The molecule has 2 heteroatoms. The highest BCUT2D eigenvalue weighted by Crippen LogP contribution is 2.34. The predicted octanol–water partition coefficient (Wildman–Crippen LogP) is 2.32. The second-order valence-corrected chi connectivity index (χ2v) is 5.23. The van der Waals surface area contributed by atoms with Gasteiger partial charge < -0.3 is 10.5 Å². The van der Waals surface area contributed by atoms with E-state index in [2.05, 4.69) is 6.92 Å². The largest absolute Gasteiger partial charge is 0.378 e. The van der Waals surface area contributed by atoms with Gasteiger partial charge in [0.05, 0.1) is 6.10 Å². The first-order chi connectivity index (χ1) is 6.75. The van der Waals surface area contributed by atoms with E-state index < -0.39 is 0 Å². The molecule has 1 saturated heterocycles. The van der Waals surface area contributed by atoms with E-state index in [1.807, 2.05) is 0 Å². The van der Waals surface area contributed by atoms with Gasteiger partial charge in [0.2, 0.25) is 0 Å². The van der Waals surface area contributed by atoms with E-state index >= 15 is 0 Å². The SMILES string of the molecule is CC1CCCC(C2CC(N)CCO2)C1. The van der Waals surface area contributed by atoms with Crippen molar-refractivity contribution in [1.29, 1.82) is 0 Å². The monoisotopic (exact) mass is 197 g/mol. The normalized spacial score (nSPS) is 45.0. The van der Waals surface area contributed by atoms with Gasteiger partial charge in [0, 0.05) is 12.6 Å². The lowest BCUT2D eigenvalue weighted by Crippen LogP contribution is -2.40. The Balaban J connectivity index is 1.86. The third-order valence-electron chi connectivity index (χ3n) is 3.86. The summed E-state index contributed by atoms with van der Waals surface area (Å²) in [7, 11) is 0. The van der Waals surface area contributed by atoms with Crippen molar-refractivity contribution in [2.45, 2.75) is 57.6 Å². The second-order valence-electron chi connectivity index (χ2n) is 5.23. The van der Waals surface area contributed by atoms with Crippen molar-refractivity contribution in [3.63, 3.8) is 0 Å². The molecular formula is C12H23NO. The minimum Gasteiger partial charge on any atom is -0.378 e. The van der Waals surface area contributed by atoms with Crippen molar-refractivity contribution in [2.75, 3.05) is 6.61 Å². The van der Waals surface area contributed by atoms with Gasteiger partial charge in [-0.1, -0.05) is 19.8 Å². The first-order valence-corrected chi connectivity index (χ1v) is 6.13. The minimum absolute atomic E-state index is 0.394. The number of hydrogen-bond donors (Lipinski definition) is 1. The first-order valence-electron chi connectivity index (χ1n) is 6.13. The number of rotatable bonds is 1. The second kappa shape index (κ2) is 4.63. The molecule has 2 rings (SSSR count). The van der Waals surface area contributed by atoms with Crippen molar-refractivity contribution in [2.24, 2.45) is 17.6 Å². The third-order valence-corrected chi connectivity index (χ3v) is 3.86. The van der Waals surface area contributed by atoms with Gasteiger partial charge in [0.1, 0.15) is 0 Å². The van der Waals surface area contributed by atoms with Gasteiger partial charge in [-0.05, 0) is 37.5 Å². The Kier molecular flexibility index (Phi) is 3.45. The van der Waals surface area contributed by atoms with Crippen LogP contribution < -0.4 is 5.73 Å². The summed E-state index contributed by atoms with van der Waals surface area (Å²) in [6.07, 6.45) is 8.15. The van der Waals surface area contributed by atoms with Crippen LogP contribution in [-0.4, -0.2) is 18.8 Å². The van der Waals surface area contributed by atoms with Crippen molar-refractivity contribution in [3.05, 3.63) is 0 Å².